The van der Waals surface area contributed by atoms with E-state index in [0.29, 0.717) is 48.2 Å². The lowest BCUT2D eigenvalue weighted by atomic mass is 10.2. The van der Waals surface area contributed by atoms with Gasteiger partial charge >= 0.3 is 0 Å². The van der Waals surface area contributed by atoms with Gasteiger partial charge < -0.3 is 9.47 Å². The van der Waals surface area contributed by atoms with Gasteiger partial charge in [0.15, 0.2) is 5.13 Å². The van der Waals surface area contributed by atoms with Crippen LogP contribution in [0.5, 0.6) is 5.75 Å². The molecule has 2 aliphatic rings. The predicted molar refractivity (Wildman–Crippen MR) is 173 cm³/mol. The number of anilines is 2. The Morgan fingerprint density at radius 2 is 1.79 bits per heavy atom. The largest absolute Gasteiger partial charge is 0.492 e. The van der Waals surface area contributed by atoms with E-state index < -0.39 is 10.0 Å². The summed E-state index contributed by atoms with van der Waals surface area (Å²) in [6.07, 6.45) is 1.44. The number of thiazole rings is 1. The monoisotopic (exact) mass is 642 g/mol. The highest BCUT2D eigenvalue weighted by Gasteiger charge is 2.31. The van der Waals surface area contributed by atoms with Crippen LogP contribution < -0.4 is 13.9 Å². The third kappa shape index (κ3) is 6.51. The first-order chi connectivity index (χ1) is 20.5. The number of amides is 1. The molecule has 9 nitrogen and oxygen atoms in total. The van der Waals surface area contributed by atoms with E-state index in [1.54, 1.807) is 17.0 Å². The van der Waals surface area contributed by atoms with E-state index in [9.17, 15) is 13.2 Å². The Morgan fingerprint density at radius 1 is 1.02 bits per heavy atom. The minimum absolute atomic E-state index is 0. The molecule has 0 N–H and O–H groups in total. The number of carbonyl (C=O) groups is 1. The number of morpholine rings is 1. The van der Waals surface area contributed by atoms with Crippen LogP contribution in [0.2, 0.25) is 0 Å². The van der Waals surface area contributed by atoms with Crippen molar-refractivity contribution in [1.29, 1.82) is 0 Å². The molecule has 0 radical (unpaired) electrons. The van der Waals surface area contributed by atoms with Gasteiger partial charge in [-0.1, -0.05) is 35.6 Å². The van der Waals surface area contributed by atoms with Crippen LogP contribution in [0, 0.1) is 0 Å². The maximum absolute atomic E-state index is 14.0. The first-order valence-corrected chi connectivity index (χ1v) is 16.6. The van der Waals surface area contributed by atoms with Crippen LogP contribution >= 0.6 is 23.7 Å². The van der Waals surface area contributed by atoms with Gasteiger partial charge in [0, 0.05) is 38.3 Å². The molecule has 6 rings (SSSR count). The topological polar surface area (TPSA) is 92.3 Å². The van der Waals surface area contributed by atoms with Gasteiger partial charge in [-0.3, -0.25) is 18.9 Å². The highest BCUT2D eigenvalue weighted by atomic mass is 35.5. The van der Waals surface area contributed by atoms with Crippen molar-refractivity contribution in [3.8, 4) is 5.75 Å². The number of benzene rings is 3. The smallest absolute Gasteiger partial charge is 0.264 e. The first kappa shape index (κ1) is 31.2. The van der Waals surface area contributed by atoms with Crippen molar-refractivity contribution in [1.82, 2.24) is 9.88 Å². The second-order valence-corrected chi connectivity index (χ2v) is 13.1. The Kier molecular flexibility index (Phi) is 9.88. The zero-order valence-electron chi connectivity index (χ0n) is 24.0. The van der Waals surface area contributed by atoms with Crippen LogP contribution in [-0.4, -0.2) is 76.8 Å². The number of hydrogen-bond acceptors (Lipinski definition) is 8. The van der Waals surface area contributed by atoms with Crippen LogP contribution in [-0.2, 0) is 21.2 Å². The molecule has 2 aliphatic heterocycles. The lowest BCUT2D eigenvalue weighted by molar-refractivity contribution is 0.0376. The Bertz CT molecular complexity index is 1670. The molecule has 12 heteroatoms. The number of ether oxygens (including phenoxy) is 2. The molecule has 0 unspecified atom stereocenters. The summed E-state index contributed by atoms with van der Waals surface area (Å²) >= 11 is 1.45. The number of halogens is 1. The van der Waals surface area contributed by atoms with Gasteiger partial charge in [-0.15, -0.1) is 12.4 Å². The molecule has 1 fully saturated rings. The molecule has 3 aromatic carbocycles. The summed E-state index contributed by atoms with van der Waals surface area (Å²) in [6.45, 7) is 7.38. The quantitative estimate of drug-likeness (QED) is 0.234. The Balaban J connectivity index is 0.00000368. The Hall–Kier alpha value is -3.22. The molecule has 0 atom stereocenters. The van der Waals surface area contributed by atoms with Gasteiger partial charge in [-0.05, 0) is 67.8 Å². The van der Waals surface area contributed by atoms with Gasteiger partial charge in [0.1, 0.15) is 11.3 Å². The standard InChI is InChI=1S/C31H34N4O5S2.ClH/c1-2-40-27-9-5-10-28-29(27)32-31(41-28)34(17-6-16-33-19-21-39-22-20-33)30(36)24-11-13-25(14-12-24)42(37,38)35-18-15-23-7-3-4-8-26(23)35;/h3-5,7-14H,2,6,15-22H2,1H3;1H. The van der Waals surface area contributed by atoms with Crippen LogP contribution in [0.25, 0.3) is 10.2 Å². The zero-order valence-corrected chi connectivity index (χ0v) is 26.4. The number of fused-ring (bicyclic) bond motifs is 2. The molecule has 1 aromatic heterocycles. The summed E-state index contributed by atoms with van der Waals surface area (Å²) in [5, 5.41) is 0.592. The van der Waals surface area contributed by atoms with Crippen molar-refractivity contribution < 1.29 is 22.7 Å². The van der Waals surface area contributed by atoms with Crippen LogP contribution in [0.1, 0.15) is 29.3 Å². The first-order valence-electron chi connectivity index (χ1n) is 14.3. The molecule has 0 saturated carbocycles. The van der Waals surface area contributed by atoms with Crippen molar-refractivity contribution in [3.63, 3.8) is 0 Å². The third-order valence-electron chi connectivity index (χ3n) is 7.64. The lowest BCUT2D eigenvalue weighted by Gasteiger charge is -2.27. The SMILES string of the molecule is CCOc1cccc2sc(N(CCCN3CCOCC3)C(=O)c3ccc(S(=O)(=O)N4CCc5ccccc54)cc3)nc12.Cl. The van der Waals surface area contributed by atoms with Gasteiger partial charge in [0.25, 0.3) is 15.9 Å². The molecule has 0 aliphatic carbocycles. The minimum Gasteiger partial charge on any atom is -0.492 e. The van der Waals surface area contributed by atoms with Crippen molar-refractivity contribution in [3.05, 3.63) is 77.9 Å². The fourth-order valence-electron chi connectivity index (χ4n) is 5.47. The summed E-state index contributed by atoms with van der Waals surface area (Å²) in [4.78, 5) is 23.0. The molecule has 0 spiro atoms. The van der Waals surface area contributed by atoms with E-state index >= 15 is 0 Å². The second-order valence-electron chi connectivity index (χ2n) is 10.3. The van der Waals surface area contributed by atoms with E-state index in [0.717, 1.165) is 55.0 Å². The van der Waals surface area contributed by atoms with E-state index in [-0.39, 0.29) is 23.2 Å². The molecule has 1 saturated heterocycles. The van der Waals surface area contributed by atoms with Crippen molar-refractivity contribution in [2.45, 2.75) is 24.7 Å². The lowest BCUT2D eigenvalue weighted by Crippen LogP contribution is -2.39. The fraction of sp³-hybridized carbons (Fsp3) is 0.355. The van der Waals surface area contributed by atoms with Crippen molar-refractivity contribution in [2.24, 2.45) is 0 Å². The molecule has 43 heavy (non-hydrogen) atoms. The normalized spacial score (nSPS) is 15.2. The molecular weight excluding hydrogens is 608 g/mol. The molecular formula is C31H35ClN4O5S2. The summed E-state index contributed by atoms with van der Waals surface area (Å²) in [7, 11) is -3.75. The van der Waals surface area contributed by atoms with E-state index in [1.165, 1.54) is 27.8 Å². The van der Waals surface area contributed by atoms with Gasteiger partial charge in [0.05, 0.1) is 35.1 Å². The minimum atomic E-state index is -3.75. The maximum Gasteiger partial charge on any atom is 0.264 e. The average Bonchev–Trinajstić information content (AvgIpc) is 3.66. The predicted octanol–water partition coefficient (Wildman–Crippen LogP) is 5.24. The highest BCUT2D eigenvalue weighted by molar-refractivity contribution is 7.92. The molecule has 0 bridgehead atoms. The van der Waals surface area contributed by atoms with Crippen molar-refractivity contribution in [2.75, 3.05) is 61.7 Å². The second kappa shape index (κ2) is 13.6. The van der Waals surface area contributed by atoms with Gasteiger partial charge in [-0.25, -0.2) is 13.4 Å². The van der Waals surface area contributed by atoms with E-state index in [2.05, 4.69) is 4.90 Å². The molecule has 1 amide bonds. The summed E-state index contributed by atoms with van der Waals surface area (Å²) in [5.74, 6) is 0.473. The summed E-state index contributed by atoms with van der Waals surface area (Å²) in [5.41, 5.74) is 2.87. The number of nitrogens with zero attached hydrogens (tertiary/aromatic N) is 4. The zero-order chi connectivity index (χ0) is 29.1. The average molecular weight is 643 g/mol. The number of aromatic nitrogens is 1. The third-order valence-corrected chi connectivity index (χ3v) is 10.5. The Labute approximate surface area is 262 Å². The van der Waals surface area contributed by atoms with Crippen LogP contribution in [0.4, 0.5) is 10.8 Å². The van der Waals surface area contributed by atoms with Crippen LogP contribution in [0.15, 0.2) is 71.6 Å². The number of hydrogen-bond donors (Lipinski definition) is 0. The Morgan fingerprint density at radius 3 is 2.56 bits per heavy atom. The maximum atomic E-state index is 14.0. The number of carbonyl (C=O) groups excluding carboxylic acids is 1. The number of sulfonamides is 1. The number of rotatable bonds is 10. The highest BCUT2D eigenvalue weighted by Crippen LogP contribution is 2.36. The van der Waals surface area contributed by atoms with E-state index in [1.807, 2.05) is 49.4 Å². The van der Waals surface area contributed by atoms with Gasteiger partial charge in [-0.2, -0.15) is 0 Å². The fourth-order valence-corrected chi connectivity index (χ4v) is 7.98. The summed E-state index contributed by atoms with van der Waals surface area (Å²) < 4.78 is 40.7. The van der Waals surface area contributed by atoms with Gasteiger partial charge in [0.2, 0.25) is 0 Å². The molecule has 4 aromatic rings. The van der Waals surface area contributed by atoms with Crippen molar-refractivity contribution >= 4 is 60.7 Å². The molecule has 228 valence electrons. The number of para-hydroxylation sites is 2. The molecule has 3 heterocycles. The summed E-state index contributed by atoms with van der Waals surface area (Å²) in [6, 6.07) is 19.6. The van der Waals surface area contributed by atoms with E-state index in [4.69, 9.17) is 14.5 Å². The van der Waals surface area contributed by atoms with Crippen LogP contribution in [0.3, 0.4) is 0 Å².